The second kappa shape index (κ2) is 6.58. The minimum absolute atomic E-state index is 0.200. The number of nitrogens with one attached hydrogen (secondary N) is 2. The Hall–Kier alpha value is -2.40. The molecular formula is C17H18FN3O. The summed E-state index contributed by atoms with van der Waals surface area (Å²) in [6, 6.07) is 12.4. The third-order valence-corrected chi connectivity index (χ3v) is 3.53. The number of nitrogens with zero attached hydrogens (tertiary/aromatic N) is 1. The van der Waals surface area contributed by atoms with E-state index in [0.717, 1.165) is 41.1 Å². The molecule has 0 fully saturated rings. The summed E-state index contributed by atoms with van der Waals surface area (Å²) in [6.07, 6.45) is 0.855. The minimum atomic E-state index is -0.200. The molecule has 0 aliphatic heterocycles. The van der Waals surface area contributed by atoms with Gasteiger partial charge in [-0.15, -0.1) is 0 Å². The monoisotopic (exact) mass is 299 g/mol. The molecule has 0 aliphatic rings. The summed E-state index contributed by atoms with van der Waals surface area (Å²) in [4.78, 5) is 7.79. The molecule has 5 heteroatoms. The minimum Gasteiger partial charge on any atom is -0.497 e. The van der Waals surface area contributed by atoms with E-state index in [2.05, 4.69) is 15.3 Å². The fourth-order valence-electron chi connectivity index (χ4n) is 2.34. The fourth-order valence-corrected chi connectivity index (χ4v) is 2.34. The highest BCUT2D eigenvalue weighted by Crippen LogP contribution is 2.18. The Kier molecular flexibility index (Phi) is 4.34. The zero-order valence-corrected chi connectivity index (χ0v) is 12.4. The van der Waals surface area contributed by atoms with Gasteiger partial charge >= 0.3 is 0 Å². The van der Waals surface area contributed by atoms with Crippen LogP contribution in [-0.2, 0) is 13.0 Å². The van der Waals surface area contributed by atoms with Crippen molar-refractivity contribution in [3.8, 4) is 5.75 Å². The van der Waals surface area contributed by atoms with Gasteiger partial charge in [-0.05, 0) is 42.8 Å². The standard InChI is InChI=1S/C17H18FN3O/c1-22-14-6-7-15-16(10-14)21-17(20-15)11-19-9-8-12-2-4-13(18)5-3-12/h2-7,10,19H,8-9,11H2,1H3,(H,20,21). The lowest BCUT2D eigenvalue weighted by Crippen LogP contribution is -2.17. The average molecular weight is 299 g/mol. The lowest BCUT2D eigenvalue weighted by atomic mass is 10.1. The molecule has 3 aromatic rings. The van der Waals surface area contributed by atoms with Crippen LogP contribution in [0.25, 0.3) is 11.0 Å². The molecule has 0 radical (unpaired) electrons. The predicted octanol–water partition coefficient (Wildman–Crippen LogP) is 3.04. The van der Waals surface area contributed by atoms with E-state index in [9.17, 15) is 4.39 Å². The number of rotatable bonds is 6. The third-order valence-electron chi connectivity index (χ3n) is 3.53. The molecule has 0 amide bonds. The van der Waals surface area contributed by atoms with E-state index in [1.807, 2.05) is 30.3 Å². The zero-order valence-electron chi connectivity index (χ0n) is 12.4. The third kappa shape index (κ3) is 3.43. The van der Waals surface area contributed by atoms with E-state index in [1.54, 1.807) is 7.11 Å². The molecule has 0 aliphatic carbocycles. The van der Waals surface area contributed by atoms with E-state index in [1.165, 1.54) is 12.1 Å². The average Bonchev–Trinajstić information content (AvgIpc) is 2.95. The second-order valence-corrected chi connectivity index (χ2v) is 5.12. The summed E-state index contributed by atoms with van der Waals surface area (Å²) in [5.41, 5.74) is 3.01. The highest BCUT2D eigenvalue weighted by atomic mass is 19.1. The Morgan fingerprint density at radius 1 is 1.18 bits per heavy atom. The van der Waals surface area contributed by atoms with E-state index in [4.69, 9.17) is 4.74 Å². The quantitative estimate of drug-likeness (QED) is 0.688. The van der Waals surface area contributed by atoms with Crippen LogP contribution in [0, 0.1) is 5.82 Å². The number of methoxy groups -OCH3 is 1. The van der Waals surface area contributed by atoms with Crippen LogP contribution < -0.4 is 10.1 Å². The largest absolute Gasteiger partial charge is 0.497 e. The molecule has 114 valence electrons. The Bertz CT molecular complexity index is 752. The Labute approximate surface area is 128 Å². The van der Waals surface area contributed by atoms with Gasteiger partial charge in [0.15, 0.2) is 0 Å². The van der Waals surface area contributed by atoms with Crippen molar-refractivity contribution in [1.29, 1.82) is 0 Å². The molecule has 0 unspecified atom stereocenters. The van der Waals surface area contributed by atoms with Gasteiger partial charge in [0.2, 0.25) is 0 Å². The van der Waals surface area contributed by atoms with E-state index >= 15 is 0 Å². The van der Waals surface area contributed by atoms with Crippen molar-refractivity contribution in [2.75, 3.05) is 13.7 Å². The summed E-state index contributed by atoms with van der Waals surface area (Å²) in [6.45, 7) is 1.48. The topological polar surface area (TPSA) is 49.9 Å². The summed E-state index contributed by atoms with van der Waals surface area (Å²) in [5.74, 6) is 1.50. The molecule has 0 saturated carbocycles. The number of imidazole rings is 1. The maximum atomic E-state index is 12.8. The van der Waals surface area contributed by atoms with Gasteiger partial charge < -0.3 is 15.0 Å². The van der Waals surface area contributed by atoms with Crippen LogP contribution in [0.5, 0.6) is 5.75 Å². The van der Waals surface area contributed by atoms with Crippen LogP contribution in [-0.4, -0.2) is 23.6 Å². The number of aromatic amines is 1. The first-order valence-electron chi connectivity index (χ1n) is 7.22. The van der Waals surface area contributed by atoms with Crippen LogP contribution in [0.2, 0.25) is 0 Å². The van der Waals surface area contributed by atoms with Crippen molar-refractivity contribution < 1.29 is 9.13 Å². The van der Waals surface area contributed by atoms with Crippen molar-refractivity contribution in [3.63, 3.8) is 0 Å². The van der Waals surface area contributed by atoms with E-state index < -0.39 is 0 Å². The normalized spacial score (nSPS) is 11.0. The first kappa shape index (κ1) is 14.5. The predicted molar refractivity (Wildman–Crippen MR) is 84.5 cm³/mol. The first-order valence-corrected chi connectivity index (χ1v) is 7.22. The molecular weight excluding hydrogens is 281 g/mol. The van der Waals surface area contributed by atoms with Crippen molar-refractivity contribution in [2.45, 2.75) is 13.0 Å². The van der Waals surface area contributed by atoms with Crippen LogP contribution >= 0.6 is 0 Å². The molecule has 1 heterocycles. The first-order chi connectivity index (χ1) is 10.7. The Balaban J connectivity index is 1.54. The lowest BCUT2D eigenvalue weighted by Gasteiger charge is -2.03. The van der Waals surface area contributed by atoms with Gasteiger partial charge in [-0.3, -0.25) is 0 Å². The summed E-state index contributed by atoms with van der Waals surface area (Å²) in [7, 11) is 1.65. The van der Waals surface area contributed by atoms with Gasteiger partial charge in [-0.25, -0.2) is 9.37 Å². The highest BCUT2D eigenvalue weighted by molar-refractivity contribution is 5.76. The molecule has 1 aromatic heterocycles. The number of hydrogen-bond acceptors (Lipinski definition) is 3. The van der Waals surface area contributed by atoms with Gasteiger partial charge in [-0.1, -0.05) is 12.1 Å². The molecule has 0 atom stereocenters. The maximum Gasteiger partial charge on any atom is 0.123 e. The molecule has 0 spiro atoms. The van der Waals surface area contributed by atoms with Crippen LogP contribution in [0.4, 0.5) is 4.39 Å². The van der Waals surface area contributed by atoms with E-state index in [0.29, 0.717) is 6.54 Å². The molecule has 3 rings (SSSR count). The number of halogens is 1. The SMILES string of the molecule is COc1ccc2nc(CNCCc3ccc(F)cc3)[nH]c2c1. The molecule has 4 nitrogen and oxygen atoms in total. The molecule has 2 aromatic carbocycles. The van der Waals surface area contributed by atoms with Gasteiger partial charge in [0.05, 0.1) is 24.7 Å². The highest BCUT2D eigenvalue weighted by Gasteiger charge is 2.03. The Morgan fingerprint density at radius 3 is 2.77 bits per heavy atom. The summed E-state index contributed by atoms with van der Waals surface area (Å²) in [5, 5.41) is 3.34. The number of benzene rings is 2. The Morgan fingerprint density at radius 2 is 2.00 bits per heavy atom. The van der Waals surface area contributed by atoms with Crippen molar-refractivity contribution in [3.05, 3.63) is 59.7 Å². The van der Waals surface area contributed by atoms with Crippen LogP contribution in [0.1, 0.15) is 11.4 Å². The molecule has 2 N–H and O–H groups in total. The van der Waals surface area contributed by atoms with E-state index in [-0.39, 0.29) is 5.82 Å². The molecule has 0 bridgehead atoms. The number of ether oxygens (including phenoxy) is 1. The number of H-pyrrole nitrogens is 1. The van der Waals surface area contributed by atoms with Gasteiger partial charge in [0.25, 0.3) is 0 Å². The zero-order chi connectivity index (χ0) is 15.4. The van der Waals surface area contributed by atoms with Gasteiger partial charge in [0, 0.05) is 6.07 Å². The van der Waals surface area contributed by atoms with Crippen LogP contribution in [0.15, 0.2) is 42.5 Å². The number of aromatic nitrogens is 2. The van der Waals surface area contributed by atoms with Gasteiger partial charge in [0.1, 0.15) is 17.4 Å². The molecule has 22 heavy (non-hydrogen) atoms. The van der Waals surface area contributed by atoms with Crippen molar-refractivity contribution in [1.82, 2.24) is 15.3 Å². The summed E-state index contributed by atoms with van der Waals surface area (Å²) >= 11 is 0. The van der Waals surface area contributed by atoms with Crippen molar-refractivity contribution >= 4 is 11.0 Å². The maximum absolute atomic E-state index is 12.8. The van der Waals surface area contributed by atoms with Crippen molar-refractivity contribution in [2.24, 2.45) is 0 Å². The second-order valence-electron chi connectivity index (χ2n) is 5.12. The summed E-state index contributed by atoms with van der Waals surface area (Å²) < 4.78 is 18.0. The fraction of sp³-hybridized carbons (Fsp3) is 0.235. The number of fused-ring (bicyclic) bond motifs is 1. The van der Waals surface area contributed by atoms with Gasteiger partial charge in [-0.2, -0.15) is 0 Å². The molecule has 0 saturated heterocycles. The smallest absolute Gasteiger partial charge is 0.123 e. The lowest BCUT2D eigenvalue weighted by molar-refractivity contribution is 0.415. The van der Waals surface area contributed by atoms with Crippen LogP contribution in [0.3, 0.4) is 0 Å². The number of hydrogen-bond donors (Lipinski definition) is 2.